The molecule has 2 aliphatic carbocycles. The fourth-order valence-corrected chi connectivity index (χ4v) is 10.6. The zero-order valence-electron chi connectivity index (χ0n) is 31.1. The molecule has 4 fully saturated rings. The van der Waals surface area contributed by atoms with Crippen LogP contribution in [0.4, 0.5) is 0 Å². The molecule has 1 unspecified atom stereocenters. The number of carbonyl (C=O) groups is 5. The molecule has 2 saturated carbocycles. The Labute approximate surface area is 301 Å². The van der Waals surface area contributed by atoms with Gasteiger partial charge in [-0.2, -0.15) is 0 Å². The number of rotatable bonds is 8. The van der Waals surface area contributed by atoms with Crippen molar-refractivity contribution in [3.05, 3.63) is 47.5 Å². The Kier molecular flexibility index (Phi) is 8.71. The third kappa shape index (κ3) is 4.55. The summed E-state index contributed by atoms with van der Waals surface area (Å²) in [6.07, 6.45) is 0.00576. The molecule has 1 aromatic rings. The van der Waals surface area contributed by atoms with E-state index in [9.17, 15) is 34.2 Å². The van der Waals surface area contributed by atoms with Crippen LogP contribution in [0, 0.1) is 34.0 Å². The van der Waals surface area contributed by atoms with Crippen molar-refractivity contribution in [2.24, 2.45) is 34.0 Å². The lowest BCUT2D eigenvalue weighted by atomic mass is 9.36. The second-order valence-electron chi connectivity index (χ2n) is 16.2. The number of ether oxygens (including phenoxy) is 6. The first kappa shape index (κ1) is 37.7. The van der Waals surface area contributed by atoms with Gasteiger partial charge in [-0.3, -0.25) is 9.59 Å². The number of carbonyl (C=O) groups excluding carboxylic acids is 5. The number of fused-ring (bicyclic) bond motifs is 2. The maximum Gasteiger partial charge on any atom is 0.347 e. The summed E-state index contributed by atoms with van der Waals surface area (Å²) >= 11 is 0. The van der Waals surface area contributed by atoms with Gasteiger partial charge >= 0.3 is 29.8 Å². The van der Waals surface area contributed by atoms with E-state index >= 15 is 0 Å². The zero-order chi connectivity index (χ0) is 38.6. The minimum atomic E-state index is -2.77. The number of methoxy groups -OCH3 is 1. The van der Waals surface area contributed by atoms with Crippen LogP contribution in [0.3, 0.4) is 0 Å². The van der Waals surface area contributed by atoms with Crippen molar-refractivity contribution in [1.29, 1.82) is 0 Å². The van der Waals surface area contributed by atoms with Crippen molar-refractivity contribution in [2.45, 2.75) is 117 Å². The number of hydrogen-bond acceptors (Lipinski definition) is 14. The number of furan rings is 1. The molecule has 0 aromatic carbocycles. The molecule has 14 heteroatoms. The molecule has 2 bridgehead atoms. The van der Waals surface area contributed by atoms with E-state index in [0.29, 0.717) is 12.0 Å². The lowest BCUT2D eigenvalue weighted by molar-refractivity contribution is -0.391. The Morgan fingerprint density at radius 2 is 1.69 bits per heavy atom. The zero-order valence-corrected chi connectivity index (χ0v) is 31.1. The lowest BCUT2D eigenvalue weighted by Crippen LogP contribution is -2.85. The highest BCUT2D eigenvalue weighted by atomic mass is 16.7. The average molecular weight is 729 g/mol. The normalized spacial score (nSPS) is 40.5. The van der Waals surface area contributed by atoms with Crippen LogP contribution >= 0.6 is 0 Å². The van der Waals surface area contributed by atoms with Crippen LogP contribution < -0.4 is 0 Å². The summed E-state index contributed by atoms with van der Waals surface area (Å²) in [6.45, 7) is 14.1. The van der Waals surface area contributed by atoms with Gasteiger partial charge in [0.05, 0.1) is 25.6 Å². The Bertz CT molecular complexity index is 1760. The van der Waals surface area contributed by atoms with Gasteiger partial charge in [-0.05, 0) is 38.3 Å². The quantitative estimate of drug-likeness (QED) is 0.224. The van der Waals surface area contributed by atoms with E-state index in [1.165, 1.54) is 31.6 Å². The molecule has 3 aliphatic heterocycles. The minimum absolute atomic E-state index is 0.155. The van der Waals surface area contributed by atoms with Crippen molar-refractivity contribution >= 4 is 29.8 Å². The van der Waals surface area contributed by atoms with Crippen LogP contribution in [0.5, 0.6) is 0 Å². The maximum absolute atomic E-state index is 13.7. The largest absolute Gasteiger partial charge is 0.472 e. The number of allylic oxidation sites excluding steroid dienone is 1. The molecule has 52 heavy (non-hydrogen) atoms. The number of cyclic esters (lactones) is 1. The van der Waals surface area contributed by atoms with Crippen LogP contribution in [-0.4, -0.2) is 82.5 Å². The minimum Gasteiger partial charge on any atom is -0.472 e. The first-order valence-electron chi connectivity index (χ1n) is 17.5. The molecule has 1 spiro atoms. The van der Waals surface area contributed by atoms with Crippen molar-refractivity contribution < 1.29 is 67.0 Å². The SMILES string of the molecule is C/C=C(\C)C(=O)O[C@H]1C(C)(C)[C@H]([C@@H](OC(C)=O)C(=O)OC)[C@@]2(C)[C@H]3CC[C@]4(C)C(=CC(=O)O[C@H]4c4ccoc4)[C@]34OC2(O)[C@@]1(O)[C@H]4OC(=O)C(C)C. The third-order valence-electron chi connectivity index (χ3n) is 12.8. The summed E-state index contributed by atoms with van der Waals surface area (Å²) in [6, 6.07) is 1.66. The maximum atomic E-state index is 13.7. The van der Waals surface area contributed by atoms with Crippen molar-refractivity contribution in [1.82, 2.24) is 0 Å². The highest BCUT2D eigenvalue weighted by Gasteiger charge is 2.97. The summed E-state index contributed by atoms with van der Waals surface area (Å²) in [4.78, 5) is 67.4. The molecule has 11 atom stereocenters. The van der Waals surface area contributed by atoms with Crippen LogP contribution in [0.1, 0.15) is 86.8 Å². The monoisotopic (exact) mass is 728 g/mol. The molecule has 5 aliphatic rings. The van der Waals surface area contributed by atoms with Crippen molar-refractivity contribution in [2.75, 3.05) is 7.11 Å². The summed E-state index contributed by atoms with van der Waals surface area (Å²) in [5.74, 6) is -9.86. The number of aliphatic hydroxyl groups is 2. The second kappa shape index (κ2) is 12.0. The molecule has 14 nitrogen and oxygen atoms in total. The Balaban J connectivity index is 1.71. The highest BCUT2D eigenvalue weighted by molar-refractivity contribution is 5.88. The molecule has 6 rings (SSSR count). The smallest absolute Gasteiger partial charge is 0.347 e. The van der Waals surface area contributed by atoms with Gasteiger partial charge in [-0.25, -0.2) is 14.4 Å². The fourth-order valence-electron chi connectivity index (χ4n) is 10.6. The number of hydrogen-bond donors (Lipinski definition) is 2. The van der Waals surface area contributed by atoms with E-state index in [0.717, 1.165) is 14.0 Å². The van der Waals surface area contributed by atoms with E-state index in [1.807, 2.05) is 6.92 Å². The Morgan fingerprint density at radius 1 is 1.02 bits per heavy atom. The van der Waals surface area contributed by atoms with Gasteiger partial charge in [0.1, 0.15) is 17.8 Å². The summed E-state index contributed by atoms with van der Waals surface area (Å²) < 4.78 is 41.5. The lowest BCUT2D eigenvalue weighted by Gasteiger charge is -2.69. The van der Waals surface area contributed by atoms with Crippen LogP contribution in [0.25, 0.3) is 0 Å². The molecule has 1 aromatic heterocycles. The van der Waals surface area contributed by atoms with Gasteiger partial charge in [-0.1, -0.05) is 47.6 Å². The second-order valence-corrected chi connectivity index (χ2v) is 16.2. The standard InChI is InChI=1S/C38H48O14/c1-11-19(4)29(42)51-31-33(6,7)26(25(30(43)46-10)48-20(5)39)35(9)22-12-14-34(8)23(16-24(40)49-27(34)21-13-15-47-17-21)36(22)32(50-28(41)18(2)3)37(31,44)38(35,45)52-36/h11,13,15-18,22,25-27,31-32,44-45H,12,14H2,1-10H3/b19-11+/t22-,25-,26+,27+,31+,32+,34-,35-,36-,37+,38?/m1/s1. The molecular formula is C38H48O14. The van der Waals surface area contributed by atoms with E-state index in [2.05, 4.69) is 0 Å². The molecule has 2 N–H and O–H groups in total. The average Bonchev–Trinajstić information content (AvgIpc) is 3.73. The highest BCUT2D eigenvalue weighted by Crippen LogP contribution is 2.82. The first-order chi connectivity index (χ1) is 24.1. The molecule has 0 radical (unpaired) electrons. The molecule has 284 valence electrons. The van der Waals surface area contributed by atoms with Crippen molar-refractivity contribution in [3.63, 3.8) is 0 Å². The van der Waals surface area contributed by atoms with E-state index in [-0.39, 0.29) is 17.6 Å². The predicted molar refractivity (Wildman–Crippen MR) is 177 cm³/mol. The van der Waals surface area contributed by atoms with Gasteiger partial charge in [0.2, 0.25) is 11.9 Å². The van der Waals surface area contributed by atoms with Crippen molar-refractivity contribution in [3.8, 4) is 0 Å². The number of esters is 5. The van der Waals surface area contributed by atoms with Crippen LogP contribution in [0.2, 0.25) is 0 Å². The summed E-state index contributed by atoms with van der Waals surface area (Å²) in [5, 5.41) is 26.9. The first-order valence-corrected chi connectivity index (χ1v) is 17.5. The van der Waals surface area contributed by atoms with Crippen LogP contribution in [-0.2, 0) is 52.4 Å². The van der Waals surface area contributed by atoms with Crippen LogP contribution in [0.15, 0.2) is 46.3 Å². The van der Waals surface area contributed by atoms with Gasteiger partial charge < -0.3 is 43.1 Å². The summed E-state index contributed by atoms with van der Waals surface area (Å²) in [5.41, 5.74) is -8.11. The Morgan fingerprint density at radius 3 is 2.25 bits per heavy atom. The van der Waals surface area contributed by atoms with Gasteiger partial charge in [0, 0.05) is 52.2 Å². The van der Waals surface area contributed by atoms with E-state index in [1.54, 1.807) is 47.6 Å². The van der Waals surface area contributed by atoms with E-state index < -0.39 is 105 Å². The van der Waals surface area contributed by atoms with Gasteiger partial charge in [0.15, 0.2) is 11.7 Å². The summed E-state index contributed by atoms with van der Waals surface area (Å²) in [7, 11) is 1.12. The van der Waals surface area contributed by atoms with E-state index in [4.69, 9.17) is 32.8 Å². The van der Waals surface area contributed by atoms with Gasteiger partial charge in [-0.15, -0.1) is 0 Å². The predicted octanol–water partition coefficient (Wildman–Crippen LogP) is 3.64. The fraction of sp³-hybridized carbons (Fsp3) is 0.658. The molecule has 2 saturated heterocycles. The third-order valence-corrected chi connectivity index (χ3v) is 12.8. The molecule has 0 amide bonds. The molecule has 4 heterocycles. The van der Waals surface area contributed by atoms with Gasteiger partial charge in [0.25, 0.3) is 0 Å². The Hall–Kier alpha value is -4.01. The topological polar surface area (TPSA) is 194 Å². The molecular weight excluding hydrogens is 680 g/mol.